The van der Waals surface area contributed by atoms with Gasteiger partial charge in [0, 0.05) is 32.6 Å². The lowest BCUT2D eigenvalue weighted by Crippen LogP contribution is -2.47. The van der Waals surface area contributed by atoms with E-state index in [-0.39, 0.29) is 0 Å². The van der Waals surface area contributed by atoms with Crippen LogP contribution in [0.5, 0.6) is 0 Å². The summed E-state index contributed by atoms with van der Waals surface area (Å²) in [7, 11) is 2.11. The summed E-state index contributed by atoms with van der Waals surface area (Å²) in [5.41, 5.74) is 0. The summed E-state index contributed by atoms with van der Waals surface area (Å²) < 4.78 is 0. The molecule has 1 amide bonds. The molecule has 0 aromatic heterocycles. The van der Waals surface area contributed by atoms with Gasteiger partial charge in [0.2, 0.25) is 5.91 Å². The molecule has 0 saturated carbocycles. The van der Waals surface area contributed by atoms with Crippen LogP contribution in [0.15, 0.2) is 0 Å². The fraction of sp³-hybridized carbons (Fsp3) is 0.917. The van der Waals surface area contributed by atoms with Crippen molar-refractivity contribution in [2.24, 2.45) is 11.8 Å². The van der Waals surface area contributed by atoms with Gasteiger partial charge in [-0.2, -0.15) is 0 Å². The predicted molar refractivity (Wildman–Crippen MR) is 62.7 cm³/mol. The highest BCUT2D eigenvalue weighted by Crippen LogP contribution is 2.15. The lowest BCUT2D eigenvalue weighted by Gasteiger charge is -2.33. The summed E-state index contributed by atoms with van der Waals surface area (Å²) >= 11 is 0. The summed E-state index contributed by atoms with van der Waals surface area (Å²) in [5.74, 6) is 1.43. The van der Waals surface area contributed by atoms with Gasteiger partial charge >= 0.3 is 0 Å². The molecule has 1 fully saturated rings. The van der Waals surface area contributed by atoms with Crippen LogP contribution in [0.25, 0.3) is 0 Å². The second kappa shape index (κ2) is 5.50. The number of likely N-dealkylation sites (N-methyl/N-ethyl adjacent to an activating group) is 1. The molecule has 15 heavy (non-hydrogen) atoms. The van der Waals surface area contributed by atoms with Gasteiger partial charge in [-0.05, 0) is 18.9 Å². The van der Waals surface area contributed by atoms with Crippen LogP contribution >= 0.6 is 0 Å². The number of hydrogen-bond donors (Lipinski definition) is 0. The largest absolute Gasteiger partial charge is 0.340 e. The Balaban J connectivity index is 2.34. The average molecular weight is 212 g/mol. The fourth-order valence-electron chi connectivity index (χ4n) is 1.70. The van der Waals surface area contributed by atoms with E-state index in [1.165, 1.54) is 0 Å². The summed E-state index contributed by atoms with van der Waals surface area (Å²) in [5, 5.41) is 0. The highest BCUT2D eigenvalue weighted by Gasteiger charge is 2.21. The number of piperazine rings is 1. The van der Waals surface area contributed by atoms with Crippen LogP contribution in [-0.4, -0.2) is 48.9 Å². The maximum absolute atomic E-state index is 11.9. The van der Waals surface area contributed by atoms with E-state index >= 15 is 0 Å². The van der Waals surface area contributed by atoms with E-state index in [0.29, 0.717) is 24.2 Å². The van der Waals surface area contributed by atoms with Crippen LogP contribution in [0, 0.1) is 11.8 Å². The average Bonchev–Trinajstić information content (AvgIpc) is 2.18. The lowest BCUT2D eigenvalue weighted by atomic mass is 9.94. The molecule has 0 aromatic rings. The molecule has 0 aromatic carbocycles. The Labute approximate surface area is 93.4 Å². The van der Waals surface area contributed by atoms with Gasteiger partial charge in [0.15, 0.2) is 0 Å². The SMILES string of the molecule is CC(C)C(C)CC(=O)N1CCN(C)CC1. The van der Waals surface area contributed by atoms with Crippen LogP contribution in [-0.2, 0) is 4.79 Å². The minimum Gasteiger partial charge on any atom is -0.340 e. The first-order chi connectivity index (χ1) is 7.00. The number of hydrogen-bond acceptors (Lipinski definition) is 2. The minimum absolute atomic E-state index is 0.337. The number of rotatable bonds is 3. The molecule has 0 N–H and O–H groups in total. The van der Waals surface area contributed by atoms with Crippen LogP contribution in [0.3, 0.4) is 0 Å². The molecule has 1 aliphatic heterocycles. The van der Waals surface area contributed by atoms with Gasteiger partial charge in [0.1, 0.15) is 0 Å². The summed E-state index contributed by atoms with van der Waals surface area (Å²) in [4.78, 5) is 16.2. The van der Waals surface area contributed by atoms with Crippen molar-refractivity contribution >= 4 is 5.91 Å². The third-order valence-corrected chi connectivity index (χ3v) is 3.49. The van der Waals surface area contributed by atoms with Crippen molar-refractivity contribution in [1.82, 2.24) is 9.80 Å². The molecule has 1 heterocycles. The zero-order valence-corrected chi connectivity index (χ0v) is 10.5. The molecule has 3 heteroatoms. The quantitative estimate of drug-likeness (QED) is 0.707. The van der Waals surface area contributed by atoms with Crippen LogP contribution in [0.4, 0.5) is 0 Å². The molecular weight excluding hydrogens is 188 g/mol. The molecule has 3 nitrogen and oxygen atoms in total. The van der Waals surface area contributed by atoms with Gasteiger partial charge in [-0.15, -0.1) is 0 Å². The normalized spacial score (nSPS) is 20.7. The van der Waals surface area contributed by atoms with E-state index in [1.54, 1.807) is 0 Å². The number of nitrogens with zero attached hydrogens (tertiary/aromatic N) is 2. The number of amides is 1. The van der Waals surface area contributed by atoms with Crippen molar-refractivity contribution in [1.29, 1.82) is 0 Å². The van der Waals surface area contributed by atoms with Crippen molar-refractivity contribution in [2.75, 3.05) is 33.2 Å². The van der Waals surface area contributed by atoms with Crippen molar-refractivity contribution < 1.29 is 4.79 Å². The molecule has 1 aliphatic rings. The van der Waals surface area contributed by atoms with Crippen molar-refractivity contribution in [3.05, 3.63) is 0 Å². The Morgan fingerprint density at radius 2 is 1.67 bits per heavy atom. The molecule has 88 valence electrons. The fourth-order valence-corrected chi connectivity index (χ4v) is 1.70. The topological polar surface area (TPSA) is 23.6 Å². The molecule has 1 atom stereocenters. The highest BCUT2D eigenvalue weighted by molar-refractivity contribution is 5.76. The van der Waals surface area contributed by atoms with Gasteiger partial charge in [-0.3, -0.25) is 4.79 Å². The van der Waals surface area contributed by atoms with Crippen molar-refractivity contribution in [2.45, 2.75) is 27.2 Å². The Hall–Kier alpha value is -0.570. The molecule has 1 unspecified atom stereocenters. The predicted octanol–water partition coefficient (Wildman–Crippen LogP) is 1.44. The van der Waals surface area contributed by atoms with E-state index in [1.807, 2.05) is 4.90 Å². The first kappa shape index (κ1) is 12.5. The third-order valence-electron chi connectivity index (χ3n) is 3.49. The lowest BCUT2D eigenvalue weighted by molar-refractivity contribution is -0.134. The maximum atomic E-state index is 11.9. The zero-order valence-electron chi connectivity index (χ0n) is 10.5. The summed E-state index contributed by atoms with van der Waals surface area (Å²) in [6, 6.07) is 0. The van der Waals surface area contributed by atoms with Gasteiger partial charge in [-0.1, -0.05) is 20.8 Å². The summed E-state index contributed by atoms with van der Waals surface area (Å²) in [6.07, 6.45) is 0.710. The maximum Gasteiger partial charge on any atom is 0.222 e. The Morgan fingerprint density at radius 1 is 1.13 bits per heavy atom. The Morgan fingerprint density at radius 3 is 2.13 bits per heavy atom. The van der Waals surface area contributed by atoms with Crippen LogP contribution in [0.2, 0.25) is 0 Å². The van der Waals surface area contributed by atoms with E-state index < -0.39 is 0 Å². The molecule has 0 spiro atoms. The zero-order chi connectivity index (χ0) is 11.4. The van der Waals surface area contributed by atoms with Gasteiger partial charge < -0.3 is 9.80 Å². The molecule has 0 bridgehead atoms. The van der Waals surface area contributed by atoms with E-state index in [2.05, 4.69) is 32.7 Å². The summed E-state index contributed by atoms with van der Waals surface area (Å²) in [6.45, 7) is 10.4. The van der Waals surface area contributed by atoms with Crippen molar-refractivity contribution in [3.63, 3.8) is 0 Å². The first-order valence-corrected chi connectivity index (χ1v) is 5.97. The smallest absolute Gasteiger partial charge is 0.222 e. The standard InChI is InChI=1S/C12H24N2O/c1-10(2)11(3)9-12(15)14-7-5-13(4)6-8-14/h10-11H,5-9H2,1-4H3. The molecule has 1 rings (SSSR count). The Kier molecular flexibility index (Phi) is 4.58. The minimum atomic E-state index is 0.337. The van der Waals surface area contributed by atoms with E-state index in [9.17, 15) is 4.79 Å². The molecule has 0 aliphatic carbocycles. The van der Waals surface area contributed by atoms with E-state index in [4.69, 9.17) is 0 Å². The monoisotopic (exact) mass is 212 g/mol. The van der Waals surface area contributed by atoms with Crippen molar-refractivity contribution in [3.8, 4) is 0 Å². The molecular formula is C12H24N2O. The first-order valence-electron chi connectivity index (χ1n) is 5.97. The number of carbonyl (C=O) groups excluding carboxylic acids is 1. The molecule has 1 saturated heterocycles. The van der Waals surface area contributed by atoms with Gasteiger partial charge in [0.05, 0.1) is 0 Å². The van der Waals surface area contributed by atoms with Gasteiger partial charge in [0.25, 0.3) is 0 Å². The highest BCUT2D eigenvalue weighted by atomic mass is 16.2. The van der Waals surface area contributed by atoms with Crippen LogP contribution in [0.1, 0.15) is 27.2 Å². The van der Waals surface area contributed by atoms with E-state index in [0.717, 1.165) is 26.2 Å². The third kappa shape index (κ3) is 3.82. The van der Waals surface area contributed by atoms with Crippen LogP contribution < -0.4 is 0 Å². The second-order valence-electron chi connectivity index (χ2n) is 5.11. The van der Waals surface area contributed by atoms with Gasteiger partial charge in [-0.25, -0.2) is 0 Å². The molecule has 0 radical (unpaired) electrons. The number of carbonyl (C=O) groups is 1. The second-order valence-corrected chi connectivity index (χ2v) is 5.11. The Bertz CT molecular complexity index is 208.